The van der Waals surface area contributed by atoms with Gasteiger partial charge in [0.15, 0.2) is 5.65 Å². The predicted octanol–water partition coefficient (Wildman–Crippen LogP) is 4.27. The highest BCUT2D eigenvalue weighted by Crippen LogP contribution is 2.31. The van der Waals surface area contributed by atoms with Crippen LogP contribution in [0.5, 0.6) is 0 Å². The van der Waals surface area contributed by atoms with E-state index in [0.29, 0.717) is 22.6 Å². The molecule has 0 N–H and O–H groups in total. The number of carbonyl (C=O) groups is 1. The molecular formula is C23H16F3N7O. The van der Waals surface area contributed by atoms with Crippen molar-refractivity contribution in [3.63, 3.8) is 0 Å². The summed E-state index contributed by atoms with van der Waals surface area (Å²) in [6.45, 7) is 0. The van der Waals surface area contributed by atoms with Crippen LogP contribution in [0.15, 0.2) is 79.8 Å². The number of fused-ring (bicyclic) bond motifs is 1. The first-order valence-electron chi connectivity index (χ1n) is 10.0. The normalized spacial score (nSPS) is 11.6. The molecule has 5 rings (SSSR count). The number of rotatable bonds is 4. The Kier molecular flexibility index (Phi) is 5.08. The zero-order valence-corrected chi connectivity index (χ0v) is 17.7. The number of halogens is 3. The number of carbonyl (C=O) groups excluding carboxylic acids is 1. The van der Waals surface area contributed by atoms with Crippen LogP contribution in [-0.2, 0) is 6.18 Å². The standard InChI is InChI=1S/C23H16F3N7O/c1-31(17-6-8-18(9-7-17)33-14-27-13-30-33)22(34)19-12-32-20(10-29-21(32)11-28-19)15-2-4-16(5-3-15)23(24,25)26/h2-14H,1H3. The maximum atomic E-state index is 13.1. The Labute approximate surface area is 190 Å². The number of nitrogens with zero attached hydrogens (tertiary/aromatic N) is 7. The van der Waals surface area contributed by atoms with Crippen LogP contribution in [0.4, 0.5) is 18.9 Å². The van der Waals surface area contributed by atoms with Gasteiger partial charge in [-0.2, -0.15) is 18.3 Å². The predicted molar refractivity (Wildman–Crippen MR) is 118 cm³/mol. The van der Waals surface area contributed by atoms with Crippen molar-refractivity contribution in [2.75, 3.05) is 11.9 Å². The molecule has 11 heteroatoms. The van der Waals surface area contributed by atoms with E-state index in [0.717, 1.165) is 17.8 Å². The summed E-state index contributed by atoms with van der Waals surface area (Å²) in [6, 6.07) is 11.9. The number of hydrogen-bond acceptors (Lipinski definition) is 5. The van der Waals surface area contributed by atoms with Gasteiger partial charge in [-0.15, -0.1) is 0 Å². The van der Waals surface area contributed by atoms with E-state index in [1.54, 1.807) is 34.6 Å². The number of aromatic nitrogens is 6. The molecule has 2 aromatic carbocycles. The first-order valence-corrected chi connectivity index (χ1v) is 10.0. The molecule has 0 aliphatic carbocycles. The lowest BCUT2D eigenvalue weighted by Crippen LogP contribution is -2.27. The van der Waals surface area contributed by atoms with Gasteiger partial charge in [0.2, 0.25) is 0 Å². The SMILES string of the molecule is CN(C(=O)c1cn2c(-c3ccc(C(F)(F)F)cc3)cnc2cn1)c1ccc(-n2cncn2)cc1. The summed E-state index contributed by atoms with van der Waals surface area (Å²) in [4.78, 5) is 26.9. The van der Waals surface area contributed by atoms with Gasteiger partial charge in [0.25, 0.3) is 5.91 Å². The van der Waals surface area contributed by atoms with Crippen LogP contribution in [0, 0.1) is 0 Å². The first kappa shape index (κ1) is 21.3. The third kappa shape index (κ3) is 3.87. The van der Waals surface area contributed by atoms with E-state index in [1.165, 1.54) is 42.0 Å². The quantitative estimate of drug-likeness (QED) is 0.398. The second-order valence-electron chi connectivity index (χ2n) is 7.44. The zero-order chi connectivity index (χ0) is 23.9. The van der Waals surface area contributed by atoms with Crippen LogP contribution in [0.25, 0.3) is 22.6 Å². The van der Waals surface area contributed by atoms with Crippen molar-refractivity contribution in [3.8, 4) is 16.9 Å². The highest BCUT2D eigenvalue weighted by Gasteiger charge is 2.30. The van der Waals surface area contributed by atoms with E-state index in [4.69, 9.17) is 0 Å². The molecule has 0 saturated heterocycles. The lowest BCUT2D eigenvalue weighted by Gasteiger charge is -2.17. The second-order valence-corrected chi connectivity index (χ2v) is 7.44. The van der Waals surface area contributed by atoms with Gasteiger partial charge in [0.05, 0.1) is 29.3 Å². The molecule has 0 unspecified atom stereocenters. The van der Waals surface area contributed by atoms with E-state index in [9.17, 15) is 18.0 Å². The molecule has 8 nitrogen and oxygen atoms in total. The van der Waals surface area contributed by atoms with E-state index >= 15 is 0 Å². The number of anilines is 1. The Morgan fingerprint density at radius 3 is 2.35 bits per heavy atom. The molecular weight excluding hydrogens is 447 g/mol. The minimum atomic E-state index is -4.42. The van der Waals surface area contributed by atoms with Gasteiger partial charge >= 0.3 is 6.18 Å². The highest BCUT2D eigenvalue weighted by molar-refractivity contribution is 6.04. The van der Waals surface area contributed by atoms with Gasteiger partial charge in [0.1, 0.15) is 18.3 Å². The van der Waals surface area contributed by atoms with Crippen LogP contribution in [0.3, 0.4) is 0 Å². The number of alkyl halides is 3. The summed E-state index contributed by atoms with van der Waals surface area (Å²) < 4.78 is 41.9. The third-order valence-electron chi connectivity index (χ3n) is 5.35. The van der Waals surface area contributed by atoms with Crippen LogP contribution in [-0.4, -0.2) is 42.1 Å². The Morgan fingerprint density at radius 1 is 0.971 bits per heavy atom. The topological polar surface area (TPSA) is 81.2 Å². The number of amides is 1. The fourth-order valence-corrected chi connectivity index (χ4v) is 3.50. The van der Waals surface area contributed by atoms with Crippen molar-refractivity contribution in [1.29, 1.82) is 0 Å². The molecule has 3 heterocycles. The Morgan fingerprint density at radius 2 is 1.71 bits per heavy atom. The van der Waals surface area contributed by atoms with Gasteiger partial charge in [-0.1, -0.05) is 12.1 Å². The summed E-state index contributed by atoms with van der Waals surface area (Å²) in [5.41, 5.74) is 2.39. The minimum Gasteiger partial charge on any atom is -0.310 e. The maximum absolute atomic E-state index is 13.1. The highest BCUT2D eigenvalue weighted by atomic mass is 19.4. The molecule has 0 fully saturated rings. The lowest BCUT2D eigenvalue weighted by atomic mass is 10.1. The number of benzene rings is 2. The molecule has 170 valence electrons. The van der Waals surface area contributed by atoms with Crippen molar-refractivity contribution in [2.45, 2.75) is 6.18 Å². The molecule has 0 radical (unpaired) electrons. The Hall–Kier alpha value is -4.54. The average Bonchev–Trinajstić information content (AvgIpc) is 3.53. The van der Waals surface area contributed by atoms with Crippen LogP contribution < -0.4 is 4.90 Å². The van der Waals surface area contributed by atoms with E-state index in [2.05, 4.69) is 20.1 Å². The molecule has 34 heavy (non-hydrogen) atoms. The smallest absolute Gasteiger partial charge is 0.310 e. The fourth-order valence-electron chi connectivity index (χ4n) is 3.50. The van der Waals surface area contributed by atoms with Gasteiger partial charge in [-0.25, -0.2) is 19.6 Å². The van der Waals surface area contributed by atoms with Gasteiger partial charge < -0.3 is 4.90 Å². The summed E-state index contributed by atoms with van der Waals surface area (Å²) in [6.07, 6.45) is 3.09. The van der Waals surface area contributed by atoms with Crippen molar-refractivity contribution in [2.24, 2.45) is 0 Å². The molecule has 3 aromatic heterocycles. The number of hydrogen-bond donors (Lipinski definition) is 0. The molecule has 0 spiro atoms. The van der Waals surface area contributed by atoms with Crippen LogP contribution in [0.2, 0.25) is 0 Å². The minimum absolute atomic E-state index is 0.154. The van der Waals surface area contributed by atoms with Crippen LogP contribution >= 0.6 is 0 Å². The summed E-state index contributed by atoms with van der Waals surface area (Å²) in [7, 11) is 1.63. The van der Waals surface area contributed by atoms with Crippen molar-refractivity contribution >= 4 is 17.2 Å². The average molecular weight is 463 g/mol. The molecule has 0 aliphatic rings. The first-order chi connectivity index (χ1) is 16.3. The molecule has 0 bridgehead atoms. The molecule has 5 aromatic rings. The van der Waals surface area contributed by atoms with Gasteiger partial charge in [-0.05, 0) is 36.4 Å². The molecule has 1 amide bonds. The van der Waals surface area contributed by atoms with Crippen molar-refractivity contribution in [1.82, 2.24) is 29.1 Å². The Balaban J connectivity index is 1.43. The fraction of sp³-hybridized carbons (Fsp3) is 0.0870. The number of imidazole rings is 1. The maximum Gasteiger partial charge on any atom is 0.416 e. The van der Waals surface area contributed by atoms with E-state index in [1.807, 2.05) is 12.1 Å². The van der Waals surface area contributed by atoms with Crippen molar-refractivity contribution in [3.05, 3.63) is 91.0 Å². The summed E-state index contributed by atoms with van der Waals surface area (Å²) >= 11 is 0. The summed E-state index contributed by atoms with van der Waals surface area (Å²) in [5, 5.41) is 4.07. The monoisotopic (exact) mass is 463 g/mol. The Bertz CT molecular complexity index is 1460. The van der Waals surface area contributed by atoms with Gasteiger partial charge in [0, 0.05) is 24.5 Å². The van der Waals surface area contributed by atoms with E-state index < -0.39 is 11.7 Å². The molecule has 0 saturated carbocycles. The van der Waals surface area contributed by atoms with Crippen LogP contribution in [0.1, 0.15) is 16.1 Å². The third-order valence-corrected chi connectivity index (χ3v) is 5.35. The van der Waals surface area contributed by atoms with E-state index in [-0.39, 0.29) is 11.6 Å². The largest absolute Gasteiger partial charge is 0.416 e. The molecule has 0 atom stereocenters. The van der Waals surface area contributed by atoms with Crippen molar-refractivity contribution < 1.29 is 18.0 Å². The summed E-state index contributed by atoms with van der Waals surface area (Å²) in [5.74, 6) is -0.359. The van der Waals surface area contributed by atoms with Gasteiger partial charge in [-0.3, -0.25) is 9.20 Å². The lowest BCUT2D eigenvalue weighted by molar-refractivity contribution is -0.137. The second kappa shape index (κ2) is 8.10. The molecule has 0 aliphatic heterocycles. The zero-order valence-electron chi connectivity index (χ0n) is 17.7.